The Hall–Kier alpha value is -2.79. The first-order chi connectivity index (χ1) is 14.1. The second-order valence-corrected chi connectivity index (χ2v) is 8.56. The lowest BCUT2D eigenvalue weighted by atomic mass is 10.3. The highest BCUT2D eigenvalue weighted by molar-refractivity contribution is 7.99. The maximum Gasteiger partial charge on any atom is 0.236 e. The Morgan fingerprint density at radius 3 is 2.66 bits per heavy atom. The van der Waals surface area contributed by atoms with Gasteiger partial charge in [0, 0.05) is 18.7 Å². The molecule has 29 heavy (non-hydrogen) atoms. The van der Waals surface area contributed by atoms with Crippen molar-refractivity contribution in [1.29, 1.82) is 0 Å². The van der Waals surface area contributed by atoms with Crippen LogP contribution < -0.4 is 10.6 Å². The second-order valence-electron chi connectivity index (χ2n) is 6.61. The van der Waals surface area contributed by atoms with Gasteiger partial charge in [-0.15, -0.1) is 20.4 Å². The third kappa shape index (κ3) is 5.18. The Kier molecular flexibility index (Phi) is 5.86. The summed E-state index contributed by atoms with van der Waals surface area (Å²) in [5.41, 5.74) is 0.729. The number of nitrogens with one attached hydrogen (secondary N) is 2. The van der Waals surface area contributed by atoms with Crippen LogP contribution in [0.4, 0.5) is 10.8 Å². The minimum atomic E-state index is -0.181. The predicted molar refractivity (Wildman–Crippen MR) is 111 cm³/mol. The summed E-state index contributed by atoms with van der Waals surface area (Å²) in [7, 11) is 1.78. The lowest BCUT2D eigenvalue weighted by Crippen LogP contribution is -2.17. The molecule has 0 atom stereocenters. The Morgan fingerprint density at radius 2 is 1.90 bits per heavy atom. The lowest BCUT2D eigenvalue weighted by molar-refractivity contribution is -0.116. The molecular formula is C18H19N7O2S2. The Balaban J connectivity index is 1.27. The zero-order valence-electron chi connectivity index (χ0n) is 15.7. The largest absolute Gasteiger partial charge is 0.326 e. The number of amides is 2. The van der Waals surface area contributed by atoms with Crippen LogP contribution in [0.1, 0.15) is 29.6 Å². The molecule has 1 fully saturated rings. The molecular weight excluding hydrogens is 410 g/mol. The van der Waals surface area contributed by atoms with E-state index >= 15 is 0 Å². The molecule has 0 aliphatic heterocycles. The first kappa shape index (κ1) is 19.5. The minimum Gasteiger partial charge on any atom is -0.326 e. The first-order valence-corrected chi connectivity index (χ1v) is 10.9. The number of carbonyl (C=O) groups excluding carboxylic acids is 2. The number of thioether (sulfide) groups is 1. The summed E-state index contributed by atoms with van der Waals surface area (Å²) in [6.45, 7) is 0. The molecule has 2 aromatic heterocycles. The monoisotopic (exact) mass is 429 g/mol. The van der Waals surface area contributed by atoms with E-state index in [1.54, 1.807) is 11.6 Å². The van der Waals surface area contributed by atoms with Crippen molar-refractivity contribution in [1.82, 2.24) is 25.0 Å². The normalized spacial score (nSPS) is 13.3. The maximum atomic E-state index is 12.2. The van der Waals surface area contributed by atoms with Crippen LogP contribution in [0.15, 0.2) is 35.5 Å². The van der Waals surface area contributed by atoms with E-state index in [1.165, 1.54) is 23.1 Å². The van der Waals surface area contributed by atoms with E-state index in [1.807, 2.05) is 30.3 Å². The molecule has 0 unspecified atom stereocenters. The van der Waals surface area contributed by atoms with Gasteiger partial charge in [0.2, 0.25) is 16.9 Å². The molecule has 2 amide bonds. The number of aromatic nitrogens is 5. The van der Waals surface area contributed by atoms with Gasteiger partial charge in [-0.05, 0) is 25.0 Å². The maximum absolute atomic E-state index is 12.2. The summed E-state index contributed by atoms with van der Waals surface area (Å²) >= 11 is 2.68. The Labute approximate surface area is 175 Å². The zero-order chi connectivity index (χ0) is 20.2. The Morgan fingerprint density at radius 1 is 1.10 bits per heavy atom. The molecule has 0 radical (unpaired) electrons. The first-order valence-electron chi connectivity index (χ1n) is 9.07. The van der Waals surface area contributed by atoms with E-state index in [4.69, 9.17) is 0 Å². The summed E-state index contributed by atoms with van der Waals surface area (Å²) in [6, 6.07) is 9.23. The van der Waals surface area contributed by atoms with Gasteiger partial charge >= 0.3 is 0 Å². The number of anilines is 2. The van der Waals surface area contributed by atoms with Crippen LogP contribution in [0.5, 0.6) is 0 Å². The van der Waals surface area contributed by atoms with E-state index in [2.05, 4.69) is 31.0 Å². The molecule has 11 heteroatoms. The molecule has 1 saturated carbocycles. The van der Waals surface area contributed by atoms with E-state index in [-0.39, 0.29) is 24.0 Å². The summed E-state index contributed by atoms with van der Waals surface area (Å²) in [4.78, 5) is 24.4. The highest BCUT2D eigenvalue weighted by Crippen LogP contribution is 2.42. The molecule has 3 aromatic rings. The molecule has 9 nitrogen and oxygen atoms in total. The van der Waals surface area contributed by atoms with Crippen LogP contribution in [-0.2, 0) is 23.1 Å². The van der Waals surface area contributed by atoms with E-state index in [9.17, 15) is 9.59 Å². The van der Waals surface area contributed by atoms with Gasteiger partial charge in [0.1, 0.15) is 10.8 Å². The van der Waals surface area contributed by atoms with Crippen LogP contribution in [0.3, 0.4) is 0 Å². The van der Waals surface area contributed by atoms with Gasteiger partial charge in [-0.25, -0.2) is 0 Å². The quantitative estimate of drug-likeness (QED) is 0.529. The second kappa shape index (κ2) is 8.70. The molecule has 150 valence electrons. The molecule has 0 spiro atoms. The van der Waals surface area contributed by atoms with E-state index in [0.29, 0.717) is 22.0 Å². The fraction of sp³-hybridized carbons (Fsp3) is 0.333. The summed E-state index contributed by atoms with van der Waals surface area (Å²) < 4.78 is 1.72. The van der Waals surface area contributed by atoms with Crippen LogP contribution >= 0.6 is 23.1 Å². The minimum absolute atomic E-state index is 0.0971. The third-order valence-corrected chi connectivity index (χ3v) is 6.27. The van der Waals surface area contributed by atoms with Crippen molar-refractivity contribution in [2.45, 2.75) is 30.3 Å². The highest BCUT2D eigenvalue weighted by atomic mass is 32.2. The number of nitrogens with zero attached hydrogens (tertiary/aromatic N) is 5. The standard InChI is InChI=1S/C18H19N7O2S2/c1-25-13(9-14(26)19-12-5-3-2-4-6-12)21-24-18(25)28-10-15(27)20-17-23-22-16(29-17)11-7-8-11/h2-6,11H,7-10H2,1H3,(H,19,26)(H,20,23,27). The molecule has 2 heterocycles. The fourth-order valence-corrected chi connectivity index (χ4v) is 4.22. The van der Waals surface area contributed by atoms with Crippen molar-refractivity contribution in [2.24, 2.45) is 7.05 Å². The van der Waals surface area contributed by atoms with Crippen LogP contribution in [0.25, 0.3) is 0 Å². The third-order valence-electron chi connectivity index (χ3n) is 4.25. The van der Waals surface area contributed by atoms with Crippen molar-refractivity contribution in [3.8, 4) is 0 Å². The van der Waals surface area contributed by atoms with Crippen molar-refractivity contribution < 1.29 is 9.59 Å². The van der Waals surface area contributed by atoms with Gasteiger partial charge < -0.3 is 9.88 Å². The topological polar surface area (TPSA) is 115 Å². The van der Waals surface area contributed by atoms with Gasteiger partial charge in [0.15, 0.2) is 5.16 Å². The SMILES string of the molecule is Cn1c(CC(=O)Nc2ccccc2)nnc1SCC(=O)Nc1nnc(C2CC2)s1. The van der Waals surface area contributed by atoms with Gasteiger partial charge in [0.05, 0.1) is 12.2 Å². The van der Waals surface area contributed by atoms with Gasteiger partial charge in [-0.1, -0.05) is 41.3 Å². The molecule has 1 aliphatic carbocycles. The van der Waals surface area contributed by atoms with Gasteiger partial charge in [-0.2, -0.15) is 0 Å². The van der Waals surface area contributed by atoms with Crippen molar-refractivity contribution in [3.63, 3.8) is 0 Å². The smallest absolute Gasteiger partial charge is 0.236 e. The Bertz CT molecular complexity index is 1010. The lowest BCUT2D eigenvalue weighted by Gasteiger charge is -2.05. The number of carbonyl (C=O) groups is 2. The number of hydrogen-bond acceptors (Lipinski definition) is 8. The van der Waals surface area contributed by atoms with Gasteiger partial charge in [-0.3, -0.25) is 14.9 Å². The average molecular weight is 430 g/mol. The molecule has 1 aliphatic rings. The summed E-state index contributed by atoms with van der Waals surface area (Å²) in [5, 5.41) is 23.9. The molecule has 1 aromatic carbocycles. The molecule has 0 saturated heterocycles. The van der Waals surface area contributed by atoms with Crippen LogP contribution in [0, 0.1) is 0 Å². The number of rotatable bonds is 8. The van der Waals surface area contributed by atoms with E-state index in [0.717, 1.165) is 23.5 Å². The fourth-order valence-electron chi connectivity index (χ4n) is 2.56. The summed E-state index contributed by atoms with van der Waals surface area (Å²) in [6.07, 6.45) is 2.40. The van der Waals surface area contributed by atoms with Gasteiger partial charge in [0.25, 0.3) is 0 Å². The van der Waals surface area contributed by atoms with Crippen molar-refractivity contribution >= 4 is 45.7 Å². The zero-order valence-corrected chi connectivity index (χ0v) is 17.3. The number of hydrogen-bond donors (Lipinski definition) is 2. The van der Waals surface area contributed by atoms with Crippen molar-refractivity contribution in [3.05, 3.63) is 41.2 Å². The number of benzene rings is 1. The summed E-state index contributed by atoms with van der Waals surface area (Å²) in [5.74, 6) is 0.854. The van der Waals surface area contributed by atoms with Crippen molar-refractivity contribution in [2.75, 3.05) is 16.4 Å². The molecule has 2 N–H and O–H groups in total. The highest BCUT2D eigenvalue weighted by Gasteiger charge is 2.27. The van der Waals surface area contributed by atoms with Crippen LogP contribution in [0.2, 0.25) is 0 Å². The van der Waals surface area contributed by atoms with Crippen LogP contribution in [-0.4, -0.2) is 42.5 Å². The van der Waals surface area contributed by atoms with E-state index < -0.39 is 0 Å². The molecule has 4 rings (SSSR count). The predicted octanol–water partition coefficient (Wildman–Crippen LogP) is 2.46. The number of para-hydroxylation sites is 1. The molecule has 0 bridgehead atoms. The average Bonchev–Trinajstić information content (AvgIpc) is 3.37.